The first-order valence-corrected chi connectivity index (χ1v) is 3.97. The molecule has 0 bridgehead atoms. The van der Waals surface area contributed by atoms with Gasteiger partial charge in [0.25, 0.3) is 0 Å². The fraction of sp³-hybridized carbons (Fsp3) is 0. The van der Waals surface area contributed by atoms with Gasteiger partial charge in [0.05, 0.1) is 0 Å². The van der Waals surface area contributed by atoms with Crippen molar-refractivity contribution >= 4 is 45.5 Å². The zero-order chi connectivity index (χ0) is 7.15. The maximum absolute atomic E-state index is 8.54. The van der Waals surface area contributed by atoms with E-state index in [0.717, 1.165) is 0 Å². The Hall–Kier alpha value is 3.17. The Morgan fingerprint density at radius 3 is 1.20 bits per heavy atom. The molecule has 0 aromatic rings. The van der Waals surface area contributed by atoms with Gasteiger partial charge in [-0.2, -0.15) is 0 Å². The second-order valence-electron chi connectivity index (χ2n) is 0.393. The summed E-state index contributed by atoms with van der Waals surface area (Å²) in [7, 11) is 0. The van der Waals surface area contributed by atoms with E-state index in [1.807, 2.05) is 0 Å². The van der Waals surface area contributed by atoms with Crippen LogP contribution in [0.2, 0.25) is 0 Å². The number of rotatable bonds is 0. The molecule has 0 radical (unpaired) electrons. The van der Waals surface area contributed by atoms with Gasteiger partial charge in [0.15, 0.2) is 0 Å². The van der Waals surface area contributed by atoms with Crippen LogP contribution in [0.1, 0.15) is 0 Å². The minimum Gasteiger partial charge on any atom is 2.00 e. The summed E-state index contributed by atoms with van der Waals surface area (Å²) >= 11 is -7.44. The normalized spacial score (nSPS) is 7.00. The first kappa shape index (κ1) is 23.2. The molecule has 6 nitrogen and oxygen atoms in total. The van der Waals surface area contributed by atoms with E-state index in [1.165, 1.54) is 0 Å². The molecule has 0 amide bonds. The van der Waals surface area contributed by atoms with E-state index in [2.05, 4.69) is 0 Å². The third-order valence-corrected chi connectivity index (χ3v) is 0. The van der Waals surface area contributed by atoms with Gasteiger partial charge in [-0.25, -0.2) is 0 Å². The largest absolute Gasteiger partial charge is 2.00 e. The summed E-state index contributed by atoms with van der Waals surface area (Å²) in [6.45, 7) is 0. The summed E-state index contributed by atoms with van der Waals surface area (Å²) in [4.78, 5) is 0. The average Bonchev–Trinajstić information content (AvgIpc) is 1.25. The number of hydrogen-bond donors (Lipinski definition) is 0. The van der Waals surface area contributed by atoms with Crippen molar-refractivity contribution in [3.05, 3.63) is 0 Å². The van der Waals surface area contributed by atoms with E-state index in [0.29, 0.717) is 0 Å². The summed E-state index contributed by atoms with van der Waals surface area (Å²) in [5.74, 6) is 0. The van der Waals surface area contributed by atoms with Crippen LogP contribution in [-0.2, 0) is 36.9 Å². The van der Waals surface area contributed by atoms with Crippen LogP contribution in [0.3, 0.4) is 0 Å². The van der Waals surface area contributed by atoms with Crippen molar-refractivity contribution < 1.29 is 89.2 Å². The van der Waals surface area contributed by atoms with Crippen LogP contribution in [0.4, 0.5) is 0 Å². The molecule has 0 saturated heterocycles. The summed E-state index contributed by atoms with van der Waals surface area (Å²) in [6, 6.07) is 0. The van der Waals surface area contributed by atoms with Gasteiger partial charge in [-0.3, -0.25) is 0 Å². The van der Waals surface area contributed by atoms with E-state index < -0.39 is 29.2 Å². The monoisotopic (exact) mass is 430 g/mol. The van der Waals surface area contributed by atoms with E-state index >= 15 is 0 Å². The van der Waals surface area contributed by atoms with E-state index in [9.17, 15) is 0 Å². The molecule has 0 aromatic carbocycles. The third-order valence-electron chi connectivity index (χ3n) is 0. The molecule has 0 aliphatic heterocycles. The van der Waals surface area contributed by atoms with E-state index in [-0.39, 0.29) is 81.1 Å². The Bertz CT molecular complexity index is 75.7. The topological polar surface area (TPSA) is 126 Å². The Morgan fingerprint density at radius 2 is 1.20 bits per heavy atom. The van der Waals surface area contributed by atoms with Crippen molar-refractivity contribution in [3.8, 4) is 0 Å². The number of hydrogen-bond acceptors (Lipinski definition) is 6. The van der Waals surface area contributed by atoms with Gasteiger partial charge in [0, 0.05) is 0 Å². The molecular formula is CrLaMnO6Sr+. The molecule has 0 heterocycles. The predicted molar refractivity (Wildman–Crippen MR) is 7.13 cm³/mol. The van der Waals surface area contributed by atoms with Crippen LogP contribution in [0.25, 0.3) is 0 Å². The zero-order valence-corrected chi connectivity index (χ0v) is 14.1. The van der Waals surface area contributed by atoms with Crippen LogP contribution >= 0.6 is 0 Å². The van der Waals surface area contributed by atoms with Crippen LogP contribution in [0, 0.1) is 35.6 Å². The SMILES string of the molecule is [La+3].[O]=[Cr]([O-])[O-].[O]=[Mn]([O-])[O-].[Sr+2]. The van der Waals surface area contributed by atoms with E-state index in [4.69, 9.17) is 24.3 Å². The predicted octanol–water partition coefficient (Wildman–Crippen LogP) is -5.38. The molecule has 0 aromatic heterocycles. The molecule has 0 saturated carbocycles. The first-order valence-electron chi connectivity index (χ1n) is 0.963. The molecule has 0 N–H and O–H groups in total. The minimum atomic E-state index is -3.79. The van der Waals surface area contributed by atoms with Crippen molar-refractivity contribution in [2.75, 3.05) is 0 Å². The Balaban J connectivity index is -0.0000000300. The Labute approximate surface area is 132 Å². The maximum Gasteiger partial charge on any atom is 2.00 e. The summed E-state index contributed by atoms with van der Waals surface area (Å²) in [5, 5.41) is 0. The van der Waals surface area contributed by atoms with Crippen molar-refractivity contribution in [1.29, 1.82) is 0 Å². The molecule has 10 heavy (non-hydrogen) atoms. The second-order valence-corrected chi connectivity index (χ2v) is 1.62. The van der Waals surface area contributed by atoms with Gasteiger partial charge < -0.3 is 0 Å². The van der Waals surface area contributed by atoms with Crippen LogP contribution < -0.4 is 16.7 Å². The minimum absolute atomic E-state index is 0. The maximum atomic E-state index is 8.54. The van der Waals surface area contributed by atoms with Gasteiger partial charge >= 0.3 is 135 Å². The Morgan fingerprint density at radius 1 is 1.20 bits per heavy atom. The molecule has 10 heteroatoms. The van der Waals surface area contributed by atoms with Crippen molar-refractivity contribution in [1.82, 2.24) is 0 Å². The van der Waals surface area contributed by atoms with Crippen LogP contribution in [-0.4, -0.2) is 45.5 Å². The first-order chi connectivity index (χ1) is 3.46. The quantitative estimate of drug-likeness (QED) is 0.354. The third kappa shape index (κ3) is 115. The summed E-state index contributed by atoms with van der Waals surface area (Å²) in [5.41, 5.74) is 0. The fourth-order valence-electron chi connectivity index (χ4n) is 0. The van der Waals surface area contributed by atoms with Crippen molar-refractivity contribution in [3.63, 3.8) is 0 Å². The molecule has 0 spiro atoms. The van der Waals surface area contributed by atoms with Crippen LogP contribution in [0.15, 0.2) is 0 Å². The van der Waals surface area contributed by atoms with Gasteiger partial charge in [-0.15, -0.1) is 0 Å². The van der Waals surface area contributed by atoms with E-state index in [1.54, 1.807) is 0 Å². The summed E-state index contributed by atoms with van der Waals surface area (Å²) in [6.07, 6.45) is 0. The molecule has 0 rings (SSSR count). The van der Waals surface area contributed by atoms with Crippen molar-refractivity contribution in [2.45, 2.75) is 0 Å². The standard InChI is InChI=1S/Cr.La.Mn.6O.Sr/q;+3;;;;4*-1;+2. The molecule has 53 valence electrons. The molecular weight excluding hydrogens is 429 g/mol. The van der Waals surface area contributed by atoms with Crippen LogP contribution in [0.5, 0.6) is 0 Å². The molecule has 0 aliphatic carbocycles. The fourth-order valence-corrected chi connectivity index (χ4v) is 0. The molecule has 0 fully saturated rings. The summed E-state index contributed by atoms with van der Waals surface area (Å²) < 4.78 is 51.2. The second kappa shape index (κ2) is 18.1. The van der Waals surface area contributed by atoms with Crippen molar-refractivity contribution in [2.24, 2.45) is 0 Å². The van der Waals surface area contributed by atoms with Gasteiger partial charge in [0.2, 0.25) is 0 Å². The molecule has 0 atom stereocenters. The van der Waals surface area contributed by atoms with Gasteiger partial charge in [-0.05, 0) is 0 Å². The van der Waals surface area contributed by atoms with Gasteiger partial charge in [-0.1, -0.05) is 0 Å². The average molecular weight is 429 g/mol. The van der Waals surface area contributed by atoms with Gasteiger partial charge in [0.1, 0.15) is 0 Å². The zero-order valence-electron chi connectivity index (χ0n) is 4.52. The Kier molecular flexibility index (Phi) is 41.9. The smallest absolute Gasteiger partial charge is 2.00 e. The molecule has 0 aliphatic rings. The molecule has 0 unspecified atom stereocenters.